The number of urea groups is 1. The van der Waals surface area contributed by atoms with Gasteiger partial charge in [-0.25, -0.2) is 9.48 Å². The number of carbonyl (C=O) groups excluding carboxylic acids is 1. The molecule has 1 atom stereocenters. The monoisotopic (exact) mass is 343 g/mol. The second-order valence-corrected chi connectivity index (χ2v) is 7.14. The second kappa shape index (κ2) is 7.23. The van der Waals surface area contributed by atoms with E-state index < -0.39 is 0 Å². The Morgan fingerprint density at radius 2 is 2.12 bits per heavy atom. The SMILES string of the molecule is CO[C@@H]1CCN(C(=O)Nc2cn(Cc3ccccc3)nn2)CC1(C)C. The van der Waals surface area contributed by atoms with Gasteiger partial charge in [0.1, 0.15) is 0 Å². The Bertz CT molecular complexity index is 713. The molecular weight excluding hydrogens is 318 g/mol. The van der Waals surface area contributed by atoms with Crippen LogP contribution in [0.1, 0.15) is 25.8 Å². The van der Waals surface area contributed by atoms with Crippen LogP contribution in [0.3, 0.4) is 0 Å². The lowest BCUT2D eigenvalue weighted by atomic mass is 9.81. The maximum absolute atomic E-state index is 12.5. The number of piperidine rings is 1. The molecule has 1 aromatic heterocycles. The quantitative estimate of drug-likeness (QED) is 0.926. The summed E-state index contributed by atoms with van der Waals surface area (Å²) in [5.41, 5.74) is 1.06. The van der Waals surface area contributed by atoms with Crippen LogP contribution in [0.25, 0.3) is 0 Å². The summed E-state index contributed by atoms with van der Waals surface area (Å²) in [6, 6.07) is 9.87. The minimum Gasteiger partial charge on any atom is -0.381 e. The molecule has 1 saturated heterocycles. The van der Waals surface area contributed by atoms with Crippen molar-refractivity contribution in [1.82, 2.24) is 19.9 Å². The van der Waals surface area contributed by atoms with Crippen molar-refractivity contribution in [2.24, 2.45) is 5.41 Å². The van der Waals surface area contributed by atoms with E-state index >= 15 is 0 Å². The molecule has 7 heteroatoms. The van der Waals surface area contributed by atoms with Crippen LogP contribution < -0.4 is 5.32 Å². The minimum absolute atomic E-state index is 0.0741. The van der Waals surface area contributed by atoms with E-state index in [9.17, 15) is 4.79 Å². The summed E-state index contributed by atoms with van der Waals surface area (Å²) in [5.74, 6) is 0.465. The number of nitrogens with zero attached hydrogens (tertiary/aromatic N) is 4. The van der Waals surface area contributed by atoms with Gasteiger partial charge in [-0.05, 0) is 12.0 Å². The highest BCUT2D eigenvalue weighted by Gasteiger charge is 2.37. The van der Waals surface area contributed by atoms with Gasteiger partial charge in [0.05, 0.1) is 18.8 Å². The molecule has 134 valence electrons. The summed E-state index contributed by atoms with van der Waals surface area (Å²) >= 11 is 0. The van der Waals surface area contributed by atoms with Gasteiger partial charge in [-0.3, -0.25) is 5.32 Å². The first-order valence-corrected chi connectivity index (χ1v) is 8.51. The van der Waals surface area contributed by atoms with Gasteiger partial charge < -0.3 is 9.64 Å². The van der Waals surface area contributed by atoms with E-state index in [1.807, 2.05) is 35.2 Å². The highest BCUT2D eigenvalue weighted by molar-refractivity contribution is 5.88. The summed E-state index contributed by atoms with van der Waals surface area (Å²) in [6.07, 6.45) is 2.75. The summed E-state index contributed by atoms with van der Waals surface area (Å²) in [7, 11) is 1.73. The van der Waals surface area contributed by atoms with Gasteiger partial charge >= 0.3 is 6.03 Å². The number of nitrogens with one attached hydrogen (secondary N) is 1. The van der Waals surface area contributed by atoms with Crippen molar-refractivity contribution in [1.29, 1.82) is 0 Å². The topological polar surface area (TPSA) is 72.3 Å². The molecule has 1 fully saturated rings. The van der Waals surface area contributed by atoms with E-state index in [0.29, 0.717) is 25.5 Å². The van der Waals surface area contributed by atoms with Crippen LogP contribution >= 0.6 is 0 Å². The van der Waals surface area contributed by atoms with Gasteiger partial charge in [-0.1, -0.05) is 49.4 Å². The smallest absolute Gasteiger partial charge is 0.323 e. The number of hydrogen-bond donors (Lipinski definition) is 1. The fourth-order valence-electron chi connectivity index (χ4n) is 3.34. The van der Waals surface area contributed by atoms with Gasteiger partial charge in [0.25, 0.3) is 0 Å². The van der Waals surface area contributed by atoms with Crippen molar-refractivity contribution in [2.45, 2.75) is 32.9 Å². The molecule has 0 radical (unpaired) electrons. The molecule has 2 heterocycles. The van der Waals surface area contributed by atoms with Crippen molar-refractivity contribution in [3.63, 3.8) is 0 Å². The highest BCUT2D eigenvalue weighted by Crippen LogP contribution is 2.31. The van der Waals surface area contributed by atoms with Crippen LogP contribution in [0.5, 0.6) is 0 Å². The average molecular weight is 343 g/mol. The van der Waals surface area contributed by atoms with Gasteiger partial charge in [0, 0.05) is 25.6 Å². The van der Waals surface area contributed by atoms with Gasteiger partial charge in [0.15, 0.2) is 5.82 Å². The highest BCUT2D eigenvalue weighted by atomic mass is 16.5. The van der Waals surface area contributed by atoms with Crippen LogP contribution in [-0.4, -0.2) is 52.2 Å². The molecule has 1 aromatic carbocycles. The first-order valence-electron chi connectivity index (χ1n) is 8.51. The van der Waals surface area contributed by atoms with Crippen LogP contribution in [0, 0.1) is 5.41 Å². The molecule has 25 heavy (non-hydrogen) atoms. The summed E-state index contributed by atoms with van der Waals surface area (Å²) in [6.45, 7) is 6.19. The van der Waals surface area contributed by atoms with Crippen LogP contribution in [0.2, 0.25) is 0 Å². The van der Waals surface area contributed by atoms with Gasteiger partial charge in [-0.15, -0.1) is 5.10 Å². The summed E-state index contributed by atoms with van der Waals surface area (Å²) in [5, 5.41) is 11.0. The Hall–Kier alpha value is -2.41. The first-order chi connectivity index (χ1) is 12.0. The zero-order chi connectivity index (χ0) is 17.9. The Morgan fingerprint density at radius 1 is 1.36 bits per heavy atom. The van der Waals surface area contributed by atoms with E-state index in [0.717, 1.165) is 12.0 Å². The maximum Gasteiger partial charge on any atom is 0.323 e. The number of ether oxygens (including phenoxy) is 1. The minimum atomic E-state index is -0.144. The normalized spacial score (nSPS) is 19.6. The van der Waals surface area contributed by atoms with Crippen LogP contribution in [-0.2, 0) is 11.3 Å². The molecule has 1 aliphatic rings. The molecule has 0 unspecified atom stereocenters. The third-order valence-corrected chi connectivity index (χ3v) is 4.66. The van der Waals surface area contributed by atoms with Crippen molar-refractivity contribution in [3.8, 4) is 0 Å². The molecule has 0 spiro atoms. The van der Waals surface area contributed by atoms with Crippen molar-refractivity contribution in [3.05, 3.63) is 42.1 Å². The lowest BCUT2D eigenvalue weighted by Gasteiger charge is -2.43. The van der Waals surface area contributed by atoms with Crippen molar-refractivity contribution in [2.75, 3.05) is 25.5 Å². The van der Waals surface area contributed by atoms with Crippen molar-refractivity contribution >= 4 is 11.8 Å². The van der Waals surface area contributed by atoms with Crippen LogP contribution in [0.4, 0.5) is 10.6 Å². The number of carbonyl (C=O) groups is 1. The average Bonchev–Trinajstić information content (AvgIpc) is 3.01. The maximum atomic E-state index is 12.5. The van der Waals surface area contributed by atoms with E-state index in [2.05, 4.69) is 29.5 Å². The third-order valence-electron chi connectivity index (χ3n) is 4.66. The Morgan fingerprint density at radius 3 is 2.80 bits per heavy atom. The summed E-state index contributed by atoms with van der Waals surface area (Å²) < 4.78 is 7.24. The Kier molecular flexibility index (Phi) is 5.03. The largest absolute Gasteiger partial charge is 0.381 e. The predicted molar refractivity (Wildman–Crippen MR) is 95.4 cm³/mol. The lowest BCUT2D eigenvalue weighted by Crippen LogP contribution is -2.52. The lowest BCUT2D eigenvalue weighted by molar-refractivity contribution is -0.0394. The molecule has 0 aliphatic carbocycles. The third kappa shape index (κ3) is 4.17. The molecular formula is C18H25N5O2. The first kappa shape index (κ1) is 17.4. The number of amides is 2. The van der Waals surface area contributed by atoms with Gasteiger partial charge in [0.2, 0.25) is 0 Å². The molecule has 2 aromatic rings. The molecule has 0 saturated carbocycles. The van der Waals surface area contributed by atoms with E-state index in [-0.39, 0.29) is 17.6 Å². The van der Waals surface area contributed by atoms with E-state index in [4.69, 9.17) is 4.74 Å². The standard InChI is InChI=1S/C18H25N5O2/c1-18(2)13-22(10-9-15(18)25-3)17(24)19-16-12-23(21-20-16)11-14-7-5-4-6-8-14/h4-8,12,15H,9-11,13H2,1-3H3,(H,19,24)/t15-/m1/s1. The summed E-state index contributed by atoms with van der Waals surface area (Å²) in [4.78, 5) is 14.3. The van der Waals surface area contributed by atoms with Gasteiger partial charge in [-0.2, -0.15) is 0 Å². The molecule has 1 N–H and O–H groups in total. The van der Waals surface area contributed by atoms with E-state index in [1.165, 1.54) is 0 Å². The number of rotatable bonds is 4. The molecule has 3 rings (SSSR count). The molecule has 7 nitrogen and oxygen atoms in total. The van der Waals surface area contributed by atoms with E-state index in [1.54, 1.807) is 18.0 Å². The fraction of sp³-hybridized carbons (Fsp3) is 0.500. The number of benzene rings is 1. The predicted octanol–water partition coefficient (Wildman–Crippen LogP) is 2.61. The number of likely N-dealkylation sites (tertiary alicyclic amines) is 1. The van der Waals surface area contributed by atoms with Crippen LogP contribution in [0.15, 0.2) is 36.5 Å². The number of anilines is 1. The number of methoxy groups -OCH3 is 1. The number of hydrogen-bond acceptors (Lipinski definition) is 4. The molecule has 1 aliphatic heterocycles. The fourth-order valence-corrected chi connectivity index (χ4v) is 3.34. The molecule has 2 amide bonds. The second-order valence-electron chi connectivity index (χ2n) is 7.14. The van der Waals surface area contributed by atoms with Crippen molar-refractivity contribution < 1.29 is 9.53 Å². The Balaban J connectivity index is 1.58. The zero-order valence-corrected chi connectivity index (χ0v) is 15.0. The Labute approximate surface area is 148 Å². The molecule has 0 bridgehead atoms. The zero-order valence-electron chi connectivity index (χ0n) is 15.0. The number of aromatic nitrogens is 3.